The van der Waals surface area contributed by atoms with Crippen molar-refractivity contribution >= 4 is 11.8 Å². The Morgan fingerprint density at radius 2 is 1.82 bits per heavy atom. The van der Waals surface area contributed by atoms with Gasteiger partial charge in [-0.05, 0) is 23.8 Å². The van der Waals surface area contributed by atoms with Crippen molar-refractivity contribution in [2.75, 3.05) is 36.9 Å². The summed E-state index contributed by atoms with van der Waals surface area (Å²) in [5.74, 6) is -1.36. The van der Waals surface area contributed by atoms with E-state index in [-0.39, 0.29) is 23.0 Å². The maximum absolute atomic E-state index is 14.6. The molecule has 12 heteroatoms. The lowest BCUT2D eigenvalue weighted by Crippen LogP contribution is -2.38. The van der Waals surface area contributed by atoms with Gasteiger partial charge >= 0.3 is 6.18 Å². The highest BCUT2D eigenvalue weighted by Crippen LogP contribution is 2.59. The Morgan fingerprint density at radius 3 is 2.47 bits per heavy atom. The van der Waals surface area contributed by atoms with Crippen molar-refractivity contribution in [1.82, 2.24) is 15.0 Å². The van der Waals surface area contributed by atoms with Gasteiger partial charge in [0.05, 0.1) is 30.2 Å². The van der Waals surface area contributed by atoms with E-state index in [0.717, 1.165) is 12.3 Å². The average Bonchev–Trinajstić information content (AvgIpc) is 3.64. The molecule has 1 aromatic carbocycles. The number of rotatable bonds is 6. The SMILES string of the molecule is CC(C)(c1cc(-c2cnc(N)cc2C(F)(F)F)nc(N2CCOCC2)n1)C1C(OO)C1c1ccccc1F. The lowest BCUT2D eigenvalue weighted by atomic mass is 9.81. The number of hydrogen-bond donors (Lipinski definition) is 2. The van der Waals surface area contributed by atoms with Crippen molar-refractivity contribution in [3.63, 3.8) is 0 Å². The maximum Gasteiger partial charge on any atom is 0.417 e. The van der Waals surface area contributed by atoms with Crippen molar-refractivity contribution in [2.45, 2.75) is 37.5 Å². The summed E-state index contributed by atoms with van der Waals surface area (Å²) in [7, 11) is 0. The number of benzene rings is 1. The molecule has 38 heavy (non-hydrogen) atoms. The van der Waals surface area contributed by atoms with Crippen LogP contribution in [-0.2, 0) is 21.2 Å². The van der Waals surface area contributed by atoms with Crippen LogP contribution in [0.2, 0.25) is 0 Å². The molecule has 0 radical (unpaired) electrons. The second-order valence-electron chi connectivity index (χ2n) is 10.1. The van der Waals surface area contributed by atoms with E-state index >= 15 is 0 Å². The number of hydrogen-bond acceptors (Lipinski definition) is 8. The summed E-state index contributed by atoms with van der Waals surface area (Å²) in [4.78, 5) is 19.7. The molecule has 202 valence electrons. The van der Waals surface area contributed by atoms with E-state index in [1.54, 1.807) is 18.2 Å². The van der Waals surface area contributed by atoms with Crippen LogP contribution in [0.25, 0.3) is 11.3 Å². The summed E-state index contributed by atoms with van der Waals surface area (Å²) < 4.78 is 62.0. The van der Waals surface area contributed by atoms with E-state index < -0.39 is 40.9 Å². The van der Waals surface area contributed by atoms with Gasteiger partial charge in [0.1, 0.15) is 17.7 Å². The largest absolute Gasteiger partial charge is 0.417 e. The Morgan fingerprint density at radius 1 is 1.11 bits per heavy atom. The van der Waals surface area contributed by atoms with Crippen LogP contribution in [0.4, 0.5) is 29.3 Å². The summed E-state index contributed by atoms with van der Waals surface area (Å²) in [5.41, 5.74) is 4.33. The number of nitrogens with two attached hydrogens (primary N) is 1. The van der Waals surface area contributed by atoms with Crippen LogP contribution in [0, 0.1) is 11.7 Å². The van der Waals surface area contributed by atoms with Crippen molar-refractivity contribution in [1.29, 1.82) is 0 Å². The monoisotopic (exact) mass is 533 g/mol. The zero-order valence-electron chi connectivity index (χ0n) is 20.7. The number of morpholine rings is 1. The molecule has 3 atom stereocenters. The van der Waals surface area contributed by atoms with Crippen molar-refractivity contribution in [2.24, 2.45) is 5.92 Å². The molecule has 8 nitrogen and oxygen atoms in total. The number of alkyl halides is 3. The van der Waals surface area contributed by atoms with E-state index in [1.165, 1.54) is 12.1 Å². The molecule has 2 fully saturated rings. The van der Waals surface area contributed by atoms with Crippen molar-refractivity contribution in [3.05, 3.63) is 65.2 Å². The molecule has 1 aliphatic heterocycles. The van der Waals surface area contributed by atoms with Gasteiger partial charge in [0.15, 0.2) is 0 Å². The van der Waals surface area contributed by atoms with E-state index in [1.807, 2.05) is 18.7 Å². The van der Waals surface area contributed by atoms with Gasteiger partial charge in [-0.2, -0.15) is 13.2 Å². The minimum absolute atomic E-state index is 0.0222. The van der Waals surface area contributed by atoms with Gasteiger partial charge in [-0.15, -0.1) is 0 Å². The van der Waals surface area contributed by atoms with Crippen LogP contribution in [0.5, 0.6) is 0 Å². The third-order valence-electron chi connectivity index (χ3n) is 7.35. The first-order valence-electron chi connectivity index (χ1n) is 12.1. The molecule has 5 rings (SSSR count). The summed E-state index contributed by atoms with van der Waals surface area (Å²) in [6.07, 6.45) is -4.37. The van der Waals surface area contributed by atoms with E-state index in [2.05, 4.69) is 9.97 Å². The fraction of sp³-hybridized carbons (Fsp3) is 0.423. The summed E-state index contributed by atoms with van der Waals surface area (Å²) in [6.45, 7) is 5.43. The highest BCUT2D eigenvalue weighted by atomic mass is 19.4. The predicted molar refractivity (Wildman–Crippen MR) is 131 cm³/mol. The molecule has 1 saturated heterocycles. The molecule has 2 aliphatic rings. The fourth-order valence-corrected chi connectivity index (χ4v) is 5.28. The zero-order valence-corrected chi connectivity index (χ0v) is 20.7. The molecule has 3 unspecified atom stereocenters. The summed E-state index contributed by atoms with van der Waals surface area (Å²) in [6, 6.07) is 8.49. The Labute approximate surface area is 216 Å². The van der Waals surface area contributed by atoms with Gasteiger partial charge < -0.3 is 15.4 Å². The van der Waals surface area contributed by atoms with Crippen LogP contribution in [-0.4, -0.2) is 52.6 Å². The fourth-order valence-electron chi connectivity index (χ4n) is 5.28. The van der Waals surface area contributed by atoms with Crippen LogP contribution in [0.15, 0.2) is 42.6 Å². The molecular weight excluding hydrogens is 506 g/mol. The van der Waals surface area contributed by atoms with Crippen LogP contribution >= 0.6 is 0 Å². The number of halogens is 4. The molecule has 3 heterocycles. The Balaban J connectivity index is 1.63. The van der Waals surface area contributed by atoms with Gasteiger partial charge in [0, 0.05) is 42.1 Å². The first kappa shape index (κ1) is 26.3. The number of anilines is 2. The van der Waals surface area contributed by atoms with Crippen molar-refractivity contribution in [3.8, 4) is 11.3 Å². The molecule has 3 aromatic rings. The van der Waals surface area contributed by atoms with E-state index in [9.17, 15) is 22.8 Å². The molecule has 2 aromatic heterocycles. The minimum atomic E-state index is -4.70. The second kappa shape index (κ2) is 9.75. The molecule has 1 saturated carbocycles. The van der Waals surface area contributed by atoms with Gasteiger partial charge in [0.2, 0.25) is 5.95 Å². The van der Waals surface area contributed by atoms with Crippen molar-refractivity contribution < 1.29 is 32.4 Å². The lowest BCUT2D eigenvalue weighted by Gasteiger charge is -2.30. The normalized spacial score (nSPS) is 22.0. The van der Waals surface area contributed by atoms with Crippen LogP contribution in [0.3, 0.4) is 0 Å². The Bertz CT molecular complexity index is 1330. The summed E-state index contributed by atoms with van der Waals surface area (Å²) >= 11 is 0. The number of nitrogen functional groups attached to an aromatic ring is 1. The van der Waals surface area contributed by atoms with Gasteiger partial charge in [-0.25, -0.2) is 24.2 Å². The molecule has 3 N–H and O–H groups in total. The number of pyridine rings is 1. The third kappa shape index (κ3) is 4.79. The van der Waals surface area contributed by atoms with E-state index in [4.69, 9.17) is 20.3 Å². The average molecular weight is 534 g/mol. The topological polar surface area (TPSA) is 107 Å². The van der Waals surface area contributed by atoms with Crippen LogP contribution < -0.4 is 10.6 Å². The molecule has 0 bridgehead atoms. The molecule has 0 spiro atoms. The van der Waals surface area contributed by atoms with Gasteiger partial charge in [-0.1, -0.05) is 32.0 Å². The highest BCUT2D eigenvalue weighted by molar-refractivity contribution is 5.67. The van der Waals surface area contributed by atoms with Gasteiger partial charge in [0.25, 0.3) is 0 Å². The van der Waals surface area contributed by atoms with E-state index in [0.29, 0.717) is 37.6 Å². The molecule has 1 aliphatic carbocycles. The maximum atomic E-state index is 14.6. The second-order valence-corrected chi connectivity index (χ2v) is 10.1. The predicted octanol–water partition coefficient (Wildman–Crippen LogP) is 4.66. The standard InChI is InChI=1S/C26H27F4N5O3/c1-25(2,22-21(23(22)38-36)14-5-3-4-6-17(14)27)19-12-18(33-24(34-19)35-7-9-37-10-8-35)15-13-32-20(31)11-16(15)26(28,29)30/h3-6,11-13,21-23,36H,7-10H2,1-2H3,(H2,31,32). The number of ether oxygens (including phenoxy) is 1. The number of aromatic nitrogens is 3. The Hall–Kier alpha value is -3.35. The first-order chi connectivity index (χ1) is 18.0. The first-order valence-corrected chi connectivity index (χ1v) is 12.1. The lowest BCUT2D eigenvalue weighted by molar-refractivity contribution is -0.258. The Kier molecular flexibility index (Phi) is 6.74. The number of nitrogens with zero attached hydrogens (tertiary/aromatic N) is 4. The molecular formula is C26H27F4N5O3. The van der Waals surface area contributed by atoms with Crippen LogP contribution in [0.1, 0.15) is 36.6 Å². The third-order valence-corrected chi connectivity index (χ3v) is 7.35. The quantitative estimate of drug-likeness (QED) is 0.268. The minimum Gasteiger partial charge on any atom is -0.384 e. The smallest absolute Gasteiger partial charge is 0.384 e. The highest BCUT2D eigenvalue weighted by Gasteiger charge is 2.61. The molecule has 0 amide bonds. The summed E-state index contributed by atoms with van der Waals surface area (Å²) in [5, 5.41) is 9.63. The zero-order chi connectivity index (χ0) is 27.2. The van der Waals surface area contributed by atoms with Gasteiger partial charge in [-0.3, -0.25) is 5.26 Å².